The van der Waals surface area contributed by atoms with Gasteiger partial charge in [-0.25, -0.2) is 20.0 Å². The molecule has 41 heavy (non-hydrogen) atoms. The first-order valence-electron chi connectivity index (χ1n) is 13.5. The van der Waals surface area contributed by atoms with Gasteiger partial charge in [0.05, 0.1) is 11.9 Å². The molecule has 0 unspecified atom stereocenters. The van der Waals surface area contributed by atoms with Gasteiger partial charge in [-0.3, -0.25) is 9.97 Å². The van der Waals surface area contributed by atoms with Crippen LogP contribution < -0.4 is 0 Å². The number of benzene rings is 5. The van der Waals surface area contributed by atoms with Gasteiger partial charge < -0.3 is 0 Å². The Morgan fingerprint density at radius 3 is 2.10 bits per heavy atom. The van der Waals surface area contributed by atoms with Crippen molar-refractivity contribution in [3.63, 3.8) is 0 Å². The Morgan fingerprint density at radius 1 is 0.610 bits per heavy atom. The zero-order chi connectivity index (χ0) is 27.2. The third kappa shape index (κ3) is 3.96. The summed E-state index contributed by atoms with van der Waals surface area (Å²) in [4.78, 5) is 27.2. The predicted octanol–water partition coefficient (Wildman–Crippen LogP) is 7.90. The number of amidine groups is 1. The molecule has 2 aromatic heterocycles. The van der Waals surface area contributed by atoms with Crippen LogP contribution in [-0.2, 0) is 0 Å². The number of hydrogen-bond acceptors (Lipinski definition) is 6. The lowest BCUT2D eigenvalue weighted by Crippen LogP contribution is -1.99. The highest BCUT2D eigenvalue weighted by Crippen LogP contribution is 2.42. The summed E-state index contributed by atoms with van der Waals surface area (Å²) >= 11 is 0. The molecule has 0 bridgehead atoms. The Bertz CT molecular complexity index is 2170. The topological polar surface area (TPSA) is 76.3 Å². The molecule has 0 atom stereocenters. The molecule has 6 heteroatoms. The highest BCUT2D eigenvalue weighted by atomic mass is 14.9. The largest absolute Gasteiger partial charge is 0.261 e. The van der Waals surface area contributed by atoms with Crippen LogP contribution in [0.2, 0.25) is 0 Å². The Balaban J connectivity index is 1.40. The molecule has 0 spiro atoms. The number of nitrogens with zero attached hydrogens (tertiary/aromatic N) is 6. The Morgan fingerprint density at radius 2 is 1.32 bits per heavy atom. The van der Waals surface area contributed by atoms with Gasteiger partial charge in [0, 0.05) is 60.3 Å². The second-order valence-electron chi connectivity index (χ2n) is 10.00. The Kier molecular flexibility index (Phi) is 5.42. The molecular weight excluding hydrogens is 504 g/mol. The number of rotatable bonds is 4. The summed E-state index contributed by atoms with van der Waals surface area (Å²) in [6.07, 6.45) is 15.3. The minimum absolute atomic E-state index is 0.663. The lowest BCUT2D eigenvalue weighted by molar-refractivity contribution is 1.18. The Labute approximate surface area is 235 Å². The molecular formula is C35H22N6. The fourth-order valence-electron chi connectivity index (χ4n) is 5.77. The molecule has 0 saturated carbocycles. The number of hydrogen-bond donors (Lipinski definition) is 0. The smallest absolute Gasteiger partial charge is 0.159 e. The van der Waals surface area contributed by atoms with Crippen molar-refractivity contribution in [2.75, 3.05) is 0 Å². The van der Waals surface area contributed by atoms with Crippen molar-refractivity contribution in [1.29, 1.82) is 0 Å². The van der Waals surface area contributed by atoms with Gasteiger partial charge in [0.25, 0.3) is 0 Å². The van der Waals surface area contributed by atoms with Crippen molar-refractivity contribution >= 4 is 44.4 Å². The number of allylic oxidation sites excluding steroid dienone is 1. The maximum absolute atomic E-state index is 4.64. The van der Waals surface area contributed by atoms with E-state index in [-0.39, 0.29) is 0 Å². The molecule has 0 amide bonds. The maximum atomic E-state index is 4.64. The molecule has 5 aromatic carbocycles. The SMILES string of the molecule is C1=CN=C(c2cc(-c3ncccn3)cc(-c3ccc4ccc5c(-c6cnccn6)ccc6ccc3c4c65)c2)N=CC1. The van der Waals surface area contributed by atoms with E-state index in [2.05, 4.69) is 96.7 Å². The normalized spacial score (nSPS) is 13.2. The minimum Gasteiger partial charge on any atom is -0.261 e. The Hall–Kier alpha value is -5.62. The van der Waals surface area contributed by atoms with Crippen LogP contribution in [0.25, 0.3) is 66.1 Å². The van der Waals surface area contributed by atoms with E-state index in [1.807, 2.05) is 30.8 Å². The van der Waals surface area contributed by atoms with Crippen LogP contribution in [0, 0.1) is 0 Å². The van der Waals surface area contributed by atoms with Crippen LogP contribution in [0.3, 0.4) is 0 Å². The third-order valence-corrected chi connectivity index (χ3v) is 7.59. The van der Waals surface area contributed by atoms with Crippen molar-refractivity contribution in [2.24, 2.45) is 9.98 Å². The van der Waals surface area contributed by atoms with Gasteiger partial charge in [-0.05, 0) is 67.7 Å². The number of aliphatic imine (C=N–C) groups is 2. The van der Waals surface area contributed by atoms with Crippen LogP contribution in [0.1, 0.15) is 12.0 Å². The minimum atomic E-state index is 0.663. The van der Waals surface area contributed by atoms with E-state index in [0.29, 0.717) is 11.7 Å². The van der Waals surface area contributed by atoms with Crippen LogP contribution in [0.15, 0.2) is 126 Å². The summed E-state index contributed by atoms with van der Waals surface area (Å²) in [5, 5.41) is 7.21. The third-order valence-electron chi connectivity index (χ3n) is 7.59. The van der Waals surface area contributed by atoms with E-state index in [9.17, 15) is 0 Å². The second kappa shape index (κ2) is 9.54. The van der Waals surface area contributed by atoms with Gasteiger partial charge in [-0.2, -0.15) is 0 Å². The summed E-state index contributed by atoms with van der Waals surface area (Å²) in [6, 6.07) is 25.8. The molecule has 0 saturated heterocycles. The molecule has 0 N–H and O–H groups in total. The van der Waals surface area contributed by atoms with Gasteiger partial charge in [-0.1, -0.05) is 54.6 Å². The van der Waals surface area contributed by atoms with Crippen molar-refractivity contribution in [2.45, 2.75) is 6.42 Å². The fourth-order valence-corrected chi connectivity index (χ4v) is 5.77. The lowest BCUT2D eigenvalue weighted by Gasteiger charge is -2.17. The predicted molar refractivity (Wildman–Crippen MR) is 166 cm³/mol. The second-order valence-corrected chi connectivity index (χ2v) is 10.00. The van der Waals surface area contributed by atoms with E-state index in [4.69, 9.17) is 0 Å². The molecule has 8 rings (SSSR count). The molecule has 0 aliphatic carbocycles. The van der Waals surface area contributed by atoms with Crippen molar-refractivity contribution in [3.8, 4) is 33.8 Å². The van der Waals surface area contributed by atoms with Crippen LogP contribution in [0.5, 0.6) is 0 Å². The molecule has 1 aliphatic heterocycles. The standard InChI is InChI=1S/C35H22N6/c1-2-13-39-34(38-12-1)25-18-24(19-26(20-25)35-40-14-3-15-41-35)27-8-4-22-7-11-30-28(31-21-36-16-17-37-31)9-5-23-6-10-29(27)32(22)33(23)30/h1,3-21H,2H2. The summed E-state index contributed by atoms with van der Waals surface area (Å²) < 4.78 is 0. The van der Waals surface area contributed by atoms with E-state index >= 15 is 0 Å². The molecule has 192 valence electrons. The molecule has 0 radical (unpaired) electrons. The van der Waals surface area contributed by atoms with E-state index in [1.54, 1.807) is 24.8 Å². The van der Waals surface area contributed by atoms with Crippen molar-refractivity contribution in [1.82, 2.24) is 19.9 Å². The monoisotopic (exact) mass is 526 g/mol. The van der Waals surface area contributed by atoms with Gasteiger partial charge >= 0.3 is 0 Å². The molecule has 6 nitrogen and oxygen atoms in total. The average molecular weight is 527 g/mol. The maximum Gasteiger partial charge on any atom is 0.159 e. The summed E-state index contributed by atoms with van der Waals surface area (Å²) in [5.74, 6) is 1.33. The zero-order valence-electron chi connectivity index (χ0n) is 21.9. The van der Waals surface area contributed by atoms with E-state index in [1.165, 1.54) is 32.3 Å². The van der Waals surface area contributed by atoms with Gasteiger partial charge in [-0.15, -0.1) is 0 Å². The van der Waals surface area contributed by atoms with Gasteiger partial charge in [0.1, 0.15) is 0 Å². The first-order valence-corrected chi connectivity index (χ1v) is 13.5. The highest BCUT2D eigenvalue weighted by Gasteiger charge is 2.17. The summed E-state index contributed by atoms with van der Waals surface area (Å²) in [6.45, 7) is 0. The van der Waals surface area contributed by atoms with Crippen molar-refractivity contribution < 1.29 is 0 Å². The van der Waals surface area contributed by atoms with Crippen LogP contribution in [0.4, 0.5) is 0 Å². The van der Waals surface area contributed by atoms with E-state index < -0.39 is 0 Å². The first kappa shape index (κ1) is 23.3. The van der Waals surface area contributed by atoms with Gasteiger partial charge in [0.15, 0.2) is 11.7 Å². The highest BCUT2D eigenvalue weighted by molar-refractivity contribution is 6.27. The molecule has 3 heterocycles. The average Bonchev–Trinajstić information content (AvgIpc) is 3.34. The fraction of sp³-hybridized carbons (Fsp3) is 0.0286. The summed E-state index contributed by atoms with van der Waals surface area (Å²) in [7, 11) is 0. The lowest BCUT2D eigenvalue weighted by atomic mass is 9.87. The quantitative estimate of drug-likeness (QED) is 0.218. The molecule has 0 fully saturated rings. The number of aromatic nitrogens is 4. The summed E-state index contributed by atoms with van der Waals surface area (Å²) in [5.41, 5.74) is 5.97. The van der Waals surface area contributed by atoms with Crippen LogP contribution in [-0.4, -0.2) is 32.0 Å². The van der Waals surface area contributed by atoms with Gasteiger partial charge in [0.2, 0.25) is 0 Å². The van der Waals surface area contributed by atoms with E-state index in [0.717, 1.165) is 39.9 Å². The van der Waals surface area contributed by atoms with Crippen LogP contribution >= 0.6 is 0 Å². The van der Waals surface area contributed by atoms with Crippen molar-refractivity contribution in [3.05, 3.63) is 122 Å². The molecule has 7 aromatic rings. The zero-order valence-corrected chi connectivity index (χ0v) is 21.9. The first-order chi connectivity index (χ1) is 20.3. The molecule has 1 aliphatic rings.